The zero-order chi connectivity index (χ0) is 9.90. The van der Waals surface area contributed by atoms with Gasteiger partial charge in [0.2, 0.25) is 0 Å². The Hall–Kier alpha value is 0.227. The molecule has 0 saturated heterocycles. The highest BCUT2D eigenvalue weighted by molar-refractivity contribution is 14.1. The van der Waals surface area contributed by atoms with E-state index in [1.54, 1.807) is 0 Å². The van der Waals surface area contributed by atoms with Gasteiger partial charge in [0, 0.05) is 0 Å². The molecule has 0 atom stereocenters. The molecule has 0 aliphatic rings. The van der Waals surface area contributed by atoms with Crippen molar-refractivity contribution in [2.45, 2.75) is 38.9 Å². The van der Waals surface area contributed by atoms with Gasteiger partial charge in [0.25, 0.3) is 0 Å². The van der Waals surface area contributed by atoms with Crippen LogP contribution >= 0.6 is 22.6 Å². The Morgan fingerprint density at radius 3 is 2.00 bits per heavy atom. The van der Waals surface area contributed by atoms with Crippen molar-refractivity contribution >= 4 is 35.9 Å². The third-order valence-electron chi connectivity index (χ3n) is 3.22. The standard InChI is InChI=1S/C10H17IOSi/c1-4-13(5-2,6-3)10-8-12-7-9(10)11/h7-8H,4-6H2,1-3H3. The summed E-state index contributed by atoms with van der Waals surface area (Å²) in [6.07, 6.45) is 3.85. The molecule has 0 bridgehead atoms. The fourth-order valence-electron chi connectivity index (χ4n) is 1.98. The topological polar surface area (TPSA) is 13.1 Å². The van der Waals surface area contributed by atoms with Crippen LogP contribution < -0.4 is 5.19 Å². The maximum atomic E-state index is 5.28. The zero-order valence-corrected chi connectivity index (χ0v) is 11.7. The first kappa shape index (κ1) is 11.3. The molecule has 74 valence electrons. The molecule has 1 rings (SSSR count). The average molecular weight is 308 g/mol. The fraction of sp³-hybridized carbons (Fsp3) is 0.600. The highest BCUT2D eigenvalue weighted by Crippen LogP contribution is 2.22. The van der Waals surface area contributed by atoms with Gasteiger partial charge in [-0.2, -0.15) is 0 Å². The molecule has 1 aromatic heterocycles. The molecule has 0 aliphatic carbocycles. The van der Waals surface area contributed by atoms with Crippen LogP contribution in [0.3, 0.4) is 0 Å². The van der Waals surface area contributed by atoms with Crippen LogP contribution in [0.15, 0.2) is 16.9 Å². The van der Waals surface area contributed by atoms with Crippen LogP contribution in [-0.2, 0) is 0 Å². The van der Waals surface area contributed by atoms with Crippen molar-refractivity contribution in [2.24, 2.45) is 0 Å². The summed E-state index contributed by atoms with van der Waals surface area (Å²) in [6, 6.07) is 3.99. The third kappa shape index (κ3) is 2.01. The summed E-state index contributed by atoms with van der Waals surface area (Å²) >= 11 is 2.39. The van der Waals surface area contributed by atoms with Crippen LogP contribution in [0.1, 0.15) is 20.8 Å². The molecule has 0 aromatic carbocycles. The molecule has 0 spiro atoms. The van der Waals surface area contributed by atoms with Crippen molar-refractivity contribution in [2.75, 3.05) is 0 Å². The minimum absolute atomic E-state index is 1.19. The SMILES string of the molecule is CC[Si](CC)(CC)c1cocc1I. The Morgan fingerprint density at radius 1 is 1.15 bits per heavy atom. The molecule has 0 amide bonds. The third-order valence-corrected chi connectivity index (χ3v) is 10.2. The van der Waals surface area contributed by atoms with Gasteiger partial charge in [0.1, 0.15) is 6.26 Å². The van der Waals surface area contributed by atoms with Gasteiger partial charge in [0.15, 0.2) is 0 Å². The van der Waals surface area contributed by atoms with Crippen molar-refractivity contribution in [3.63, 3.8) is 0 Å². The highest BCUT2D eigenvalue weighted by atomic mass is 127. The Kier molecular flexibility index (Phi) is 4.03. The lowest BCUT2D eigenvalue weighted by Gasteiger charge is -2.27. The van der Waals surface area contributed by atoms with Gasteiger partial charge >= 0.3 is 0 Å². The van der Waals surface area contributed by atoms with E-state index in [-0.39, 0.29) is 0 Å². The van der Waals surface area contributed by atoms with E-state index in [4.69, 9.17) is 4.42 Å². The Morgan fingerprint density at radius 2 is 1.69 bits per heavy atom. The molecule has 0 fully saturated rings. The number of furan rings is 1. The second kappa shape index (κ2) is 4.64. The minimum atomic E-state index is -1.19. The fourth-order valence-corrected chi connectivity index (χ4v) is 7.50. The maximum Gasteiger partial charge on any atom is 0.103 e. The molecule has 0 radical (unpaired) electrons. The van der Waals surface area contributed by atoms with E-state index in [0.717, 1.165) is 0 Å². The molecular weight excluding hydrogens is 291 g/mol. The van der Waals surface area contributed by atoms with Gasteiger partial charge in [-0.25, -0.2) is 0 Å². The van der Waals surface area contributed by atoms with E-state index >= 15 is 0 Å². The van der Waals surface area contributed by atoms with Gasteiger partial charge in [-0.15, -0.1) is 0 Å². The summed E-state index contributed by atoms with van der Waals surface area (Å²) in [6.45, 7) is 6.97. The molecule has 0 N–H and O–H groups in total. The van der Waals surface area contributed by atoms with Crippen molar-refractivity contribution in [1.82, 2.24) is 0 Å². The summed E-state index contributed by atoms with van der Waals surface area (Å²) < 4.78 is 6.61. The molecule has 0 saturated carbocycles. The average Bonchev–Trinajstić information content (AvgIpc) is 2.57. The van der Waals surface area contributed by atoms with Crippen LogP contribution in [0.25, 0.3) is 0 Å². The number of halogens is 1. The molecule has 1 aromatic rings. The van der Waals surface area contributed by atoms with Gasteiger partial charge in [-0.1, -0.05) is 38.9 Å². The Balaban J connectivity index is 3.07. The largest absolute Gasteiger partial charge is 0.472 e. The molecule has 0 unspecified atom stereocenters. The van der Waals surface area contributed by atoms with E-state index in [0.29, 0.717) is 0 Å². The van der Waals surface area contributed by atoms with E-state index in [9.17, 15) is 0 Å². The van der Waals surface area contributed by atoms with E-state index in [1.165, 1.54) is 26.9 Å². The van der Waals surface area contributed by atoms with Gasteiger partial charge < -0.3 is 4.42 Å². The summed E-state index contributed by atoms with van der Waals surface area (Å²) in [5, 5.41) is 1.53. The number of hydrogen-bond acceptors (Lipinski definition) is 1. The smallest absolute Gasteiger partial charge is 0.103 e. The van der Waals surface area contributed by atoms with Gasteiger partial charge in [-0.05, 0) is 27.8 Å². The Labute approximate surface area is 95.1 Å². The maximum absolute atomic E-state index is 5.28. The van der Waals surface area contributed by atoms with Crippen LogP contribution in [0.5, 0.6) is 0 Å². The predicted octanol–water partition coefficient (Wildman–Crippen LogP) is 3.60. The molecule has 13 heavy (non-hydrogen) atoms. The van der Waals surface area contributed by atoms with Crippen molar-refractivity contribution in [3.8, 4) is 0 Å². The van der Waals surface area contributed by atoms with Crippen LogP contribution in [-0.4, -0.2) is 8.07 Å². The number of hydrogen-bond donors (Lipinski definition) is 0. The second-order valence-corrected chi connectivity index (χ2v) is 9.86. The molecule has 3 heteroatoms. The quantitative estimate of drug-likeness (QED) is 0.612. The van der Waals surface area contributed by atoms with Crippen LogP contribution in [0.2, 0.25) is 18.1 Å². The van der Waals surface area contributed by atoms with E-state index in [2.05, 4.69) is 43.4 Å². The van der Waals surface area contributed by atoms with Gasteiger partial charge in [-0.3, -0.25) is 0 Å². The van der Waals surface area contributed by atoms with Crippen LogP contribution in [0, 0.1) is 3.57 Å². The summed E-state index contributed by atoms with van der Waals surface area (Å²) in [5.74, 6) is 0. The lowest BCUT2D eigenvalue weighted by Crippen LogP contribution is -2.46. The van der Waals surface area contributed by atoms with Crippen molar-refractivity contribution in [1.29, 1.82) is 0 Å². The highest BCUT2D eigenvalue weighted by Gasteiger charge is 2.32. The number of rotatable bonds is 4. The van der Waals surface area contributed by atoms with Crippen LogP contribution in [0.4, 0.5) is 0 Å². The predicted molar refractivity (Wildman–Crippen MR) is 68.3 cm³/mol. The van der Waals surface area contributed by atoms with E-state index < -0.39 is 8.07 Å². The first-order chi connectivity index (χ1) is 6.20. The Bertz CT molecular complexity index is 257. The van der Waals surface area contributed by atoms with E-state index in [1.807, 2.05) is 12.5 Å². The van der Waals surface area contributed by atoms with Crippen molar-refractivity contribution < 1.29 is 4.42 Å². The van der Waals surface area contributed by atoms with Crippen molar-refractivity contribution in [3.05, 3.63) is 16.1 Å². The molecule has 0 aliphatic heterocycles. The summed E-state index contributed by atoms with van der Waals surface area (Å²) in [7, 11) is -1.19. The first-order valence-electron chi connectivity index (χ1n) is 4.92. The lowest BCUT2D eigenvalue weighted by molar-refractivity contribution is 0.567. The first-order valence-corrected chi connectivity index (χ1v) is 8.62. The molecule has 1 heterocycles. The monoisotopic (exact) mass is 308 g/mol. The zero-order valence-electron chi connectivity index (χ0n) is 8.56. The second-order valence-electron chi connectivity index (χ2n) is 3.47. The molecular formula is C10H17IOSi. The summed E-state index contributed by atoms with van der Waals surface area (Å²) in [4.78, 5) is 0. The lowest BCUT2D eigenvalue weighted by atomic mass is 10.7. The molecule has 1 nitrogen and oxygen atoms in total. The summed E-state index contributed by atoms with van der Waals surface area (Å²) in [5.41, 5.74) is 0. The van der Waals surface area contributed by atoms with Gasteiger partial charge in [0.05, 0.1) is 17.9 Å². The minimum Gasteiger partial charge on any atom is -0.472 e. The normalized spacial score (nSPS) is 12.0.